The largest absolute Gasteiger partial charge is 0.370 e. The smallest absolute Gasteiger partial charge is 0.193 e. The number of nitrogens with two attached hydrogens (primary N) is 1. The van der Waals surface area contributed by atoms with Crippen LogP contribution in [0, 0.1) is 0 Å². The first-order valence-electron chi connectivity index (χ1n) is 8.46. The fourth-order valence-corrected chi connectivity index (χ4v) is 3.84. The average molecular weight is 348 g/mol. The minimum Gasteiger partial charge on any atom is -0.370 e. The van der Waals surface area contributed by atoms with Crippen LogP contribution in [0.3, 0.4) is 0 Å². The highest BCUT2D eigenvalue weighted by atomic mass is 32.1. The predicted octanol–water partition coefficient (Wildman–Crippen LogP) is 4.23. The van der Waals surface area contributed by atoms with Crippen molar-refractivity contribution in [1.82, 2.24) is 4.98 Å². The van der Waals surface area contributed by atoms with Gasteiger partial charge in [-0.05, 0) is 42.5 Å². The van der Waals surface area contributed by atoms with E-state index in [2.05, 4.69) is 51.0 Å². The number of aliphatic imine (C=N–C) groups is 1. The van der Waals surface area contributed by atoms with Crippen LogP contribution in [-0.2, 0) is 19.4 Å². The second-order valence-electron chi connectivity index (χ2n) is 6.16. The van der Waals surface area contributed by atoms with Gasteiger partial charge < -0.3 is 11.1 Å². The molecule has 0 aliphatic heterocycles. The Bertz CT molecular complexity index is 899. The predicted molar refractivity (Wildman–Crippen MR) is 105 cm³/mol. The Kier molecular flexibility index (Phi) is 4.48. The molecule has 0 bridgehead atoms. The molecule has 0 unspecified atom stereocenters. The number of nitrogens with one attached hydrogen (secondary N) is 1. The van der Waals surface area contributed by atoms with Crippen LogP contribution in [0.5, 0.6) is 0 Å². The molecule has 2 aromatic carbocycles. The van der Waals surface area contributed by atoms with Crippen LogP contribution >= 0.6 is 11.3 Å². The van der Waals surface area contributed by atoms with Gasteiger partial charge in [0, 0.05) is 16.6 Å². The lowest BCUT2D eigenvalue weighted by molar-refractivity contribution is 0.912. The third-order valence-corrected chi connectivity index (χ3v) is 5.21. The topological polar surface area (TPSA) is 63.3 Å². The zero-order chi connectivity index (χ0) is 17.1. The molecule has 5 heteroatoms. The van der Waals surface area contributed by atoms with Crippen molar-refractivity contribution in [3.05, 3.63) is 70.0 Å². The summed E-state index contributed by atoms with van der Waals surface area (Å²) in [5, 5.41) is 6.20. The number of hydrogen-bond acceptors (Lipinski definition) is 3. The van der Waals surface area contributed by atoms with Gasteiger partial charge in [0.25, 0.3) is 0 Å². The highest BCUT2D eigenvalue weighted by molar-refractivity contribution is 7.09. The number of guanidine groups is 1. The van der Waals surface area contributed by atoms with Gasteiger partial charge in [0.1, 0.15) is 5.01 Å². The maximum Gasteiger partial charge on any atom is 0.193 e. The first-order valence-corrected chi connectivity index (χ1v) is 9.34. The molecular weight excluding hydrogens is 328 g/mol. The van der Waals surface area contributed by atoms with E-state index in [4.69, 9.17) is 5.73 Å². The molecule has 3 aromatic rings. The Morgan fingerprint density at radius 2 is 1.96 bits per heavy atom. The van der Waals surface area contributed by atoms with E-state index in [9.17, 15) is 0 Å². The fraction of sp³-hybridized carbons (Fsp3) is 0.200. The van der Waals surface area contributed by atoms with Crippen LogP contribution in [0.2, 0.25) is 0 Å². The minimum absolute atomic E-state index is 0.425. The van der Waals surface area contributed by atoms with Crippen molar-refractivity contribution in [2.24, 2.45) is 10.7 Å². The van der Waals surface area contributed by atoms with Gasteiger partial charge in [0.2, 0.25) is 0 Å². The number of fused-ring (bicyclic) bond motifs is 1. The Hall–Kier alpha value is -2.66. The highest BCUT2D eigenvalue weighted by Crippen LogP contribution is 2.25. The number of benzene rings is 2. The molecule has 1 aliphatic carbocycles. The van der Waals surface area contributed by atoms with E-state index >= 15 is 0 Å². The molecule has 0 spiro atoms. The minimum atomic E-state index is 0.425. The summed E-state index contributed by atoms with van der Waals surface area (Å²) in [5.41, 5.74) is 12.0. The Morgan fingerprint density at radius 3 is 2.84 bits per heavy atom. The van der Waals surface area contributed by atoms with Crippen molar-refractivity contribution in [3.8, 4) is 11.3 Å². The molecule has 25 heavy (non-hydrogen) atoms. The summed E-state index contributed by atoms with van der Waals surface area (Å²) >= 11 is 1.61. The molecule has 0 fully saturated rings. The molecule has 1 aromatic heterocycles. The molecule has 0 amide bonds. The van der Waals surface area contributed by atoms with E-state index in [0.717, 1.165) is 28.4 Å². The Morgan fingerprint density at radius 1 is 1.12 bits per heavy atom. The van der Waals surface area contributed by atoms with Crippen LogP contribution in [0.4, 0.5) is 5.69 Å². The lowest BCUT2D eigenvalue weighted by Gasteiger charge is -2.07. The zero-order valence-electron chi connectivity index (χ0n) is 13.9. The lowest BCUT2D eigenvalue weighted by atomic mass is 10.1. The quantitative estimate of drug-likeness (QED) is 0.548. The molecule has 0 atom stereocenters. The number of thiazole rings is 1. The van der Waals surface area contributed by atoms with Gasteiger partial charge in [0.15, 0.2) is 5.96 Å². The molecule has 0 saturated heterocycles. The summed E-state index contributed by atoms with van der Waals surface area (Å²) in [7, 11) is 0. The van der Waals surface area contributed by atoms with Gasteiger partial charge in [-0.1, -0.05) is 36.4 Å². The molecule has 4 rings (SSSR count). The molecule has 1 heterocycles. The number of rotatable bonds is 4. The van der Waals surface area contributed by atoms with Crippen molar-refractivity contribution in [2.45, 2.75) is 25.8 Å². The van der Waals surface area contributed by atoms with Crippen molar-refractivity contribution < 1.29 is 0 Å². The van der Waals surface area contributed by atoms with Crippen LogP contribution in [0.15, 0.2) is 58.9 Å². The Balaban J connectivity index is 1.41. The Labute approximate surface area is 151 Å². The summed E-state index contributed by atoms with van der Waals surface area (Å²) in [6.45, 7) is 0.487. The third kappa shape index (κ3) is 3.72. The number of hydrogen-bond donors (Lipinski definition) is 2. The molecule has 4 nitrogen and oxygen atoms in total. The van der Waals surface area contributed by atoms with Gasteiger partial charge in [-0.15, -0.1) is 11.3 Å². The van der Waals surface area contributed by atoms with E-state index < -0.39 is 0 Å². The van der Waals surface area contributed by atoms with Crippen LogP contribution in [-0.4, -0.2) is 10.9 Å². The molecular formula is C20H20N4S. The second kappa shape index (κ2) is 7.07. The average Bonchev–Trinajstić information content (AvgIpc) is 3.30. The molecule has 0 saturated carbocycles. The number of nitrogens with zero attached hydrogens (tertiary/aromatic N) is 2. The highest BCUT2D eigenvalue weighted by Gasteiger charge is 2.11. The fourth-order valence-electron chi connectivity index (χ4n) is 3.11. The maximum atomic E-state index is 6.03. The standard InChI is InChI=1S/C20H20N4S/c21-20(23-17-10-9-14-7-4-8-16(14)11-17)22-12-19-24-18(13-25-19)15-5-2-1-3-6-15/h1-3,5-6,9-11,13H,4,7-8,12H2,(H3,21,22,23). The van der Waals surface area contributed by atoms with Crippen LogP contribution < -0.4 is 11.1 Å². The van der Waals surface area contributed by atoms with Crippen molar-refractivity contribution in [3.63, 3.8) is 0 Å². The normalized spacial score (nSPS) is 13.7. The van der Waals surface area contributed by atoms with Crippen molar-refractivity contribution >= 4 is 23.0 Å². The summed E-state index contributed by atoms with van der Waals surface area (Å²) in [5.74, 6) is 0.425. The van der Waals surface area contributed by atoms with Gasteiger partial charge in [-0.25, -0.2) is 9.98 Å². The number of aryl methyl sites for hydroxylation is 2. The van der Waals surface area contributed by atoms with E-state index in [0.29, 0.717) is 12.5 Å². The molecule has 1 aliphatic rings. The van der Waals surface area contributed by atoms with E-state index in [1.54, 1.807) is 11.3 Å². The van der Waals surface area contributed by atoms with Gasteiger partial charge in [-0.3, -0.25) is 0 Å². The SMILES string of the molecule is NC(=NCc1nc(-c2ccccc2)cs1)Nc1ccc2c(c1)CCC2. The zero-order valence-corrected chi connectivity index (χ0v) is 14.7. The van der Waals surface area contributed by atoms with Gasteiger partial charge >= 0.3 is 0 Å². The van der Waals surface area contributed by atoms with Crippen LogP contribution in [0.1, 0.15) is 22.6 Å². The second-order valence-corrected chi connectivity index (χ2v) is 7.10. The van der Waals surface area contributed by atoms with E-state index in [-0.39, 0.29) is 0 Å². The van der Waals surface area contributed by atoms with Gasteiger partial charge in [0.05, 0.1) is 12.2 Å². The van der Waals surface area contributed by atoms with E-state index in [1.165, 1.54) is 24.0 Å². The van der Waals surface area contributed by atoms with E-state index in [1.807, 2.05) is 18.2 Å². The van der Waals surface area contributed by atoms with Crippen LogP contribution in [0.25, 0.3) is 11.3 Å². The number of aromatic nitrogens is 1. The molecule has 0 radical (unpaired) electrons. The molecule has 126 valence electrons. The van der Waals surface area contributed by atoms with Gasteiger partial charge in [-0.2, -0.15) is 0 Å². The summed E-state index contributed by atoms with van der Waals surface area (Å²) in [4.78, 5) is 9.06. The maximum absolute atomic E-state index is 6.03. The number of anilines is 1. The lowest BCUT2D eigenvalue weighted by Crippen LogP contribution is -2.22. The van der Waals surface area contributed by atoms with Crippen molar-refractivity contribution in [2.75, 3.05) is 5.32 Å². The first-order chi connectivity index (χ1) is 12.3. The first kappa shape index (κ1) is 15.8. The molecule has 3 N–H and O–H groups in total. The summed E-state index contributed by atoms with van der Waals surface area (Å²) in [6.07, 6.45) is 3.59. The third-order valence-electron chi connectivity index (χ3n) is 4.38. The summed E-state index contributed by atoms with van der Waals surface area (Å²) < 4.78 is 0. The monoisotopic (exact) mass is 348 g/mol. The summed E-state index contributed by atoms with van der Waals surface area (Å²) in [6, 6.07) is 16.6. The van der Waals surface area contributed by atoms with Crippen molar-refractivity contribution in [1.29, 1.82) is 0 Å².